The fourth-order valence-corrected chi connectivity index (χ4v) is 2.61. The first-order valence-electron chi connectivity index (χ1n) is 7.79. The molecule has 0 radical (unpaired) electrons. The highest BCUT2D eigenvalue weighted by Gasteiger charge is 2.38. The number of aromatic amines is 1. The van der Waals surface area contributed by atoms with Crippen molar-refractivity contribution in [3.63, 3.8) is 0 Å². The van der Waals surface area contributed by atoms with Crippen molar-refractivity contribution >= 4 is 0 Å². The second kappa shape index (κ2) is 6.74. The van der Waals surface area contributed by atoms with Gasteiger partial charge in [0.25, 0.3) is 5.56 Å². The summed E-state index contributed by atoms with van der Waals surface area (Å²) in [5.41, 5.74) is 3.15. The minimum absolute atomic E-state index is 0.214. The van der Waals surface area contributed by atoms with Crippen molar-refractivity contribution in [2.75, 3.05) is 0 Å². The van der Waals surface area contributed by atoms with Crippen LogP contribution in [0.25, 0.3) is 11.4 Å². The molecule has 3 rings (SSSR count). The lowest BCUT2D eigenvalue weighted by atomic mass is 9.98. The SMILES string of the molecule is Cc1cncc(CCc2c(-c3noc(C(F)(F)F)n3)cc[nH]c2=O)c1C. The van der Waals surface area contributed by atoms with E-state index in [4.69, 9.17) is 0 Å². The molecule has 0 aliphatic carbocycles. The maximum absolute atomic E-state index is 12.7. The van der Waals surface area contributed by atoms with E-state index in [1.165, 1.54) is 12.3 Å². The lowest BCUT2D eigenvalue weighted by Gasteiger charge is -2.09. The van der Waals surface area contributed by atoms with Gasteiger partial charge in [-0.2, -0.15) is 18.2 Å². The van der Waals surface area contributed by atoms with Crippen LogP contribution in [0.1, 0.15) is 28.1 Å². The second-order valence-corrected chi connectivity index (χ2v) is 5.86. The van der Waals surface area contributed by atoms with Crippen LogP contribution in [0.4, 0.5) is 13.2 Å². The summed E-state index contributed by atoms with van der Waals surface area (Å²) in [5.74, 6) is -1.71. The van der Waals surface area contributed by atoms with E-state index >= 15 is 0 Å². The maximum atomic E-state index is 12.7. The Morgan fingerprint density at radius 1 is 1.19 bits per heavy atom. The van der Waals surface area contributed by atoms with Crippen LogP contribution in [0.2, 0.25) is 0 Å². The molecule has 3 aromatic heterocycles. The third-order valence-corrected chi connectivity index (χ3v) is 4.19. The van der Waals surface area contributed by atoms with Gasteiger partial charge in [0.1, 0.15) is 0 Å². The van der Waals surface area contributed by atoms with E-state index in [-0.39, 0.29) is 11.4 Å². The maximum Gasteiger partial charge on any atom is 0.471 e. The predicted molar refractivity (Wildman–Crippen MR) is 86.5 cm³/mol. The molecule has 0 amide bonds. The lowest BCUT2D eigenvalue weighted by molar-refractivity contribution is -0.159. The average molecular weight is 364 g/mol. The topological polar surface area (TPSA) is 84.7 Å². The third-order valence-electron chi connectivity index (χ3n) is 4.19. The van der Waals surface area contributed by atoms with Gasteiger partial charge in [0.05, 0.1) is 0 Å². The number of hydrogen-bond acceptors (Lipinski definition) is 5. The van der Waals surface area contributed by atoms with Crippen LogP contribution in [-0.4, -0.2) is 20.1 Å². The van der Waals surface area contributed by atoms with Crippen molar-refractivity contribution in [2.45, 2.75) is 32.9 Å². The fraction of sp³-hybridized carbons (Fsp3) is 0.294. The molecule has 0 saturated heterocycles. The van der Waals surface area contributed by atoms with Gasteiger partial charge in [-0.25, -0.2) is 0 Å². The molecule has 6 nitrogen and oxygen atoms in total. The van der Waals surface area contributed by atoms with Gasteiger partial charge in [-0.05, 0) is 49.4 Å². The number of rotatable bonds is 4. The summed E-state index contributed by atoms with van der Waals surface area (Å²) < 4.78 is 42.3. The highest BCUT2D eigenvalue weighted by molar-refractivity contribution is 5.58. The minimum atomic E-state index is -4.74. The Labute approximate surface area is 146 Å². The Morgan fingerprint density at radius 3 is 2.65 bits per heavy atom. The number of nitrogens with one attached hydrogen (secondary N) is 1. The van der Waals surface area contributed by atoms with Crippen molar-refractivity contribution < 1.29 is 17.7 Å². The number of halogens is 3. The van der Waals surface area contributed by atoms with Crippen molar-refractivity contribution in [1.82, 2.24) is 20.1 Å². The minimum Gasteiger partial charge on any atom is -0.329 e. The quantitative estimate of drug-likeness (QED) is 0.768. The van der Waals surface area contributed by atoms with Crippen molar-refractivity contribution in [3.8, 4) is 11.4 Å². The molecule has 0 aliphatic rings. The largest absolute Gasteiger partial charge is 0.471 e. The van der Waals surface area contributed by atoms with Gasteiger partial charge >= 0.3 is 12.1 Å². The highest BCUT2D eigenvalue weighted by atomic mass is 19.4. The van der Waals surface area contributed by atoms with Crippen LogP contribution in [0.15, 0.2) is 34.0 Å². The Kier molecular flexibility index (Phi) is 4.62. The summed E-state index contributed by atoms with van der Waals surface area (Å²) in [6.45, 7) is 3.89. The molecule has 0 saturated carbocycles. The zero-order valence-corrected chi connectivity index (χ0v) is 14.0. The van der Waals surface area contributed by atoms with Crippen LogP contribution in [0.5, 0.6) is 0 Å². The number of aromatic nitrogens is 4. The molecule has 0 bridgehead atoms. The van der Waals surface area contributed by atoms with Crippen LogP contribution in [0, 0.1) is 13.8 Å². The van der Waals surface area contributed by atoms with E-state index in [2.05, 4.69) is 24.6 Å². The van der Waals surface area contributed by atoms with E-state index in [9.17, 15) is 18.0 Å². The van der Waals surface area contributed by atoms with Crippen molar-refractivity contribution in [3.05, 3.63) is 63.2 Å². The van der Waals surface area contributed by atoms with E-state index in [0.717, 1.165) is 16.7 Å². The number of pyridine rings is 2. The summed E-state index contributed by atoms with van der Waals surface area (Å²) in [6, 6.07) is 1.46. The van der Waals surface area contributed by atoms with Crippen molar-refractivity contribution in [2.24, 2.45) is 0 Å². The summed E-state index contributed by atoms with van der Waals surface area (Å²) >= 11 is 0. The summed E-state index contributed by atoms with van der Waals surface area (Å²) in [7, 11) is 0. The molecule has 1 N–H and O–H groups in total. The normalized spacial score (nSPS) is 11.7. The van der Waals surface area contributed by atoms with Gasteiger partial charge in [-0.3, -0.25) is 9.78 Å². The summed E-state index contributed by atoms with van der Waals surface area (Å²) in [6.07, 6.45) is 0.867. The van der Waals surface area contributed by atoms with Crippen LogP contribution in [0.3, 0.4) is 0 Å². The highest BCUT2D eigenvalue weighted by Crippen LogP contribution is 2.30. The average Bonchev–Trinajstić information content (AvgIpc) is 3.07. The molecule has 136 valence electrons. The first-order chi connectivity index (χ1) is 12.3. The number of nitrogens with zero attached hydrogens (tertiary/aromatic N) is 3. The molecule has 9 heteroatoms. The molecule has 0 fully saturated rings. The molecule has 0 aromatic carbocycles. The molecule has 3 aromatic rings. The Hall–Kier alpha value is -2.97. The first kappa shape index (κ1) is 17.8. The van der Waals surface area contributed by atoms with Gasteiger partial charge < -0.3 is 9.51 Å². The zero-order chi connectivity index (χ0) is 18.9. The Balaban J connectivity index is 1.94. The van der Waals surface area contributed by atoms with Gasteiger partial charge in [0.2, 0.25) is 5.82 Å². The number of aryl methyl sites for hydroxylation is 2. The summed E-state index contributed by atoms with van der Waals surface area (Å²) in [5, 5.41) is 3.37. The van der Waals surface area contributed by atoms with Gasteiger partial charge in [0.15, 0.2) is 0 Å². The van der Waals surface area contributed by atoms with Gasteiger partial charge in [0, 0.05) is 29.7 Å². The monoisotopic (exact) mass is 364 g/mol. The molecule has 0 unspecified atom stereocenters. The van der Waals surface area contributed by atoms with Gasteiger partial charge in [-0.15, -0.1) is 0 Å². The molecular formula is C17H15F3N4O2. The molecule has 26 heavy (non-hydrogen) atoms. The summed E-state index contributed by atoms with van der Waals surface area (Å²) in [4.78, 5) is 22.3. The molecule has 0 atom stereocenters. The van der Waals surface area contributed by atoms with E-state index in [1.54, 1.807) is 12.4 Å². The zero-order valence-electron chi connectivity index (χ0n) is 14.0. The second-order valence-electron chi connectivity index (χ2n) is 5.86. The molecule has 0 aliphatic heterocycles. The van der Waals surface area contributed by atoms with E-state index in [1.807, 2.05) is 13.8 Å². The number of H-pyrrole nitrogens is 1. The molecular weight excluding hydrogens is 349 g/mol. The Morgan fingerprint density at radius 2 is 1.96 bits per heavy atom. The molecule has 3 heterocycles. The van der Waals surface area contributed by atoms with Crippen LogP contribution >= 0.6 is 0 Å². The smallest absolute Gasteiger partial charge is 0.329 e. The third kappa shape index (κ3) is 3.51. The predicted octanol–water partition coefficient (Wildman–Crippen LogP) is 3.24. The number of alkyl halides is 3. The lowest BCUT2D eigenvalue weighted by Crippen LogP contribution is -2.15. The molecule has 0 spiro atoms. The van der Waals surface area contributed by atoms with Crippen molar-refractivity contribution in [1.29, 1.82) is 0 Å². The van der Waals surface area contributed by atoms with E-state index in [0.29, 0.717) is 18.4 Å². The number of hydrogen-bond donors (Lipinski definition) is 1. The van der Waals surface area contributed by atoms with Gasteiger partial charge in [-0.1, -0.05) is 5.16 Å². The van der Waals surface area contributed by atoms with E-state index < -0.39 is 17.6 Å². The standard InChI is InChI=1S/C17H15F3N4O2/c1-9-7-21-8-11(10(9)2)3-4-13-12(5-6-22-15(13)25)14-23-16(26-24-14)17(18,19)20/h5-8H,3-4H2,1-2H3,(H,22,25). The Bertz CT molecular complexity index is 992. The van der Waals surface area contributed by atoms with Crippen LogP contribution < -0.4 is 5.56 Å². The first-order valence-corrected chi connectivity index (χ1v) is 7.79. The fourth-order valence-electron chi connectivity index (χ4n) is 2.61. The van der Waals surface area contributed by atoms with Crippen LogP contribution in [-0.2, 0) is 19.0 Å².